The molecule has 0 saturated carbocycles. The van der Waals surface area contributed by atoms with E-state index in [0.29, 0.717) is 6.54 Å². The zero-order valence-corrected chi connectivity index (χ0v) is 14.0. The summed E-state index contributed by atoms with van der Waals surface area (Å²) in [7, 11) is 0. The second-order valence-corrected chi connectivity index (χ2v) is 5.93. The van der Waals surface area contributed by atoms with Crippen molar-refractivity contribution in [3.05, 3.63) is 79.0 Å². The van der Waals surface area contributed by atoms with Gasteiger partial charge in [-0.3, -0.25) is 14.8 Å². The molecule has 3 aromatic heterocycles. The minimum Gasteiger partial charge on any atom is -0.350 e. The third-order valence-corrected chi connectivity index (χ3v) is 4.11. The first-order chi connectivity index (χ1) is 12.8. The van der Waals surface area contributed by atoms with Crippen LogP contribution in [-0.4, -0.2) is 25.4 Å². The van der Waals surface area contributed by atoms with Gasteiger partial charge in [-0.1, -0.05) is 12.1 Å². The summed E-state index contributed by atoms with van der Waals surface area (Å²) in [5.74, 6) is -0.0621. The molecule has 0 radical (unpaired) electrons. The van der Waals surface area contributed by atoms with E-state index in [9.17, 15) is 4.79 Å². The first kappa shape index (κ1) is 16.0. The lowest BCUT2D eigenvalue weighted by atomic mass is 10.1. The average molecular weight is 343 g/mol. The van der Waals surface area contributed by atoms with Crippen LogP contribution in [0.4, 0.5) is 0 Å². The highest BCUT2D eigenvalue weighted by molar-refractivity contribution is 5.80. The van der Waals surface area contributed by atoms with Crippen molar-refractivity contribution >= 4 is 16.9 Å². The second-order valence-electron chi connectivity index (χ2n) is 5.93. The van der Waals surface area contributed by atoms with Crippen LogP contribution in [0.15, 0.2) is 73.4 Å². The third-order valence-electron chi connectivity index (χ3n) is 4.11. The molecule has 4 aromatic rings. The van der Waals surface area contributed by atoms with Crippen molar-refractivity contribution in [2.75, 3.05) is 0 Å². The molecule has 128 valence electrons. The molecule has 0 aliphatic heterocycles. The lowest BCUT2D eigenvalue weighted by molar-refractivity contribution is -0.121. The van der Waals surface area contributed by atoms with Crippen molar-refractivity contribution in [1.82, 2.24) is 24.8 Å². The van der Waals surface area contributed by atoms with Crippen molar-refractivity contribution in [3.63, 3.8) is 0 Å². The number of carbonyl (C=O) groups excluding carboxylic acids is 1. The Balaban J connectivity index is 1.42. The molecule has 0 atom stereocenters. The summed E-state index contributed by atoms with van der Waals surface area (Å²) >= 11 is 0. The van der Waals surface area contributed by atoms with Gasteiger partial charge in [0.25, 0.3) is 0 Å². The van der Waals surface area contributed by atoms with Gasteiger partial charge >= 0.3 is 0 Å². The van der Waals surface area contributed by atoms with Gasteiger partial charge in [0.2, 0.25) is 5.91 Å². The van der Waals surface area contributed by atoms with Gasteiger partial charge in [0.15, 0.2) is 0 Å². The van der Waals surface area contributed by atoms with Gasteiger partial charge in [-0.25, -0.2) is 4.98 Å². The summed E-state index contributed by atoms with van der Waals surface area (Å²) in [5.41, 5.74) is 4.61. The number of para-hydroxylation sites is 2. The van der Waals surface area contributed by atoms with Gasteiger partial charge in [-0.05, 0) is 42.0 Å². The van der Waals surface area contributed by atoms with Gasteiger partial charge in [0, 0.05) is 30.7 Å². The van der Waals surface area contributed by atoms with Gasteiger partial charge < -0.3 is 9.88 Å². The van der Waals surface area contributed by atoms with Crippen LogP contribution in [0.5, 0.6) is 0 Å². The van der Waals surface area contributed by atoms with Crippen molar-refractivity contribution in [2.24, 2.45) is 0 Å². The molecular formula is C20H17N5O. The summed E-state index contributed by atoms with van der Waals surface area (Å²) in [4.78, 5) is 25.1. The fourth-order valence-corrected chi connectivity index (χ4v) is 2.80. The number of imidazole rings is 1. The monoisotopic (exact) mass is 343 g/mol. The van der Waals surface area contributed by atoms with E-state index in [1.54, 1.807) is 24.9 Å². The molecule has 1 N–H and O–H groups in total. The number of pyridine rings is 2. The molecule has 3 heterocycles. The molecule has 1 amide bonds. The topological polar surface area (TPSA) is 72.7 Å². The van der Waals surface area contributed by atoms with E-state index in [1.165, 1.54) is 0 Å². The smallest absolute Gasteiger partial charge is 0.240 e. The number of hydrogen-bond donors (Lipinski definition) is 1. The third kappa shape index (κ3) is 3.44. The lowest BCUT2D eigenvalue weighted by Crippen LogP contribution is -2.26. The van der Waals surface area contributed by atoms with Crippen LogP contribution in [0.1, 0.15) is 5.56 Å². The van der Waals surface area contributed by atoms with Crippen LogP contribution in [0.2, 0.25) is 0 Å². The fraction of sp³-hybridized carbons (Fsp3) is 0.100. The molecule has 0 bridgehead atoms. The summed E-state index contributed by atoms with van der Waals surface area (Å²) in [6.45, 7) is 0.683. The van der Waals surface area contributed by atoms with Crippen LogP contribution in [0.25, 0.3) is 22.3 Å². The molecule has 1 aromatic carbocycles. The number of aromatic nitrogens is 4. The molecule has 0 spiro atoms. The number of amides is 1. The molecule has 0 saturated heterocycles. The molecular weight excluding hydrogens is 326 g/mol. The summed E-state index contributed by atoms with van der Waals surface area (Å²) in [5, 5.41) is 2.95. The molecule has 6 nitrogen and oxygen atoms in total. The Bertz CT molecular complexity index is 1040. The largest absolute Gasteiger partial charge is 0.350 e. The Kier molecular flexibility index (Phi) is 4.38. The lowest BCUT2D eigenvalue weighted by Gasteiger charge is -2.08. The number of hydrogen-bond acceptors (Lipinski definition) is 4. The van der Waals surface area contributed by atoms with E-state index in [4.69, 9.17) is 0 Å². The Morgan fingerprint density at radius 3 is 2.85 bits per heavy atom. The van der Waals surface area contributed by atoms with Crippen molar-refractivity contribution < 1.29 is 4.79 Å². The predicted octanol–water partition coefficient (Wildman–Crippen LogP) is 2.81. The van der Waals surface area contributed by atoms with Crippen molar-refractivity contribution in [2.45, 2.75) is 13.1 Å². The summed E-state index contributed by atoms with van der Waals surface area (Å²) in [6, 6.07) is 15.5. The maximum atomic E-state index is 12.3. The highest BCUT2D eigenvalue weighted by Crippen LogP contribution is 2.16. The minimum atomic E-state index is -0.0621. The first-order valence-corrected chi connectivity index (χ1v) is 8.31. The predicted molar refractivity (Wildman–Crippen MR) is 99.0 cm³/mol. The number of nitrogens with zero attached hydrogens (tertiary/aromatic N) is 4. The Morgan fingerprint density at radius 1 is 1.04 bits per heavy atom. The number of fused-ring (bicyclic) bond motifs is 1. The highest BCUT2D eigenvalue weighted by Gasteiger charge is 2.07. The van der Waals surface area contributed by atoms with Crippen LogP contribution in [0.3, 0.4) is 0 Å². The van der Waals surface area contributed by atoms with E-state index in [2.05, 4.69) is 20.3 Å². The van der Waals surface area contributed by atoms with E-state index < -0.39 is 0 Å². The number of carbonyl (C=O) groups is 1. The van der Waals surface area contributed by atoms with Crippen molar-refractivity contribution in [3.8, 4) is 11.3 Å². The highest BCUT2D eigenvalue weighted by atomic mass is 16.1. The minimum absolute atomic E-state index is 0.0621. The standard InChI is InChI=1S/C20H17N5O/c26-20(13-25-14-24-17-5-1-2-6-19(17)25)23-11-15-7-9-22-18(10-15)16-4-3-8-21-12-16/h1-10,12,14H,11,13H2,(H,23,26). The van der Waals surface area contributed by atoms with Crippen LogP contribution < -0.4 is 5.32 Å². The molecule has 0 fully saturated rings. The quantitative estimate of drug-likeness (QED) is 0.605. The van der Waals surface area contributed by atoms with E-state index in [-0.39, 0.29) is 12.5 Å². The normalized spacial score (nSPS) is 10.8. The fourth-order valence-electron chi connectivity index (χ4n) is 2.80. The van der Waals surface area contributed by atoms with Crippen molar-refractivity contribution in [1.29, 1.82) is 0 Å². The number of benzene rings is 1. The number of nitrogens with one attached hydrogen (secondary N) is 1. The molecule has 0 aliphatic rings. The van der Waals surface area contributed by atoms with E-state index in [1.807, 2.05) is 53.1 Å². The molecule has 0 unspecified atom stereocenters. The van der Waals surface area contributed by atoms with Gasteiger partial charge in [-0.2, -0.15) is 0 Å². The van der Waals surface area contributed by atoms with Crippen LogP contribution >= 0.6 is 0 Å². The summed E-state index contributed by atoms with van der Waals surface area (Å²) < 4.78 is 1.85. The zero-order chi connectivity index (χ0) is 17.8. The van der Waals surface area contributed by atoms with Gasteiger partial charge in [0.1, 0.15) is 6.54 Å². The maximum absolute atomic E-state index is 12.3. The molecule has 4 rings (SSSR count). The van der Waals surface area contributed by atoms with Crippen LogP contribution in [-0.2, 0) is 17.9 Å². The Morgan fingerprint density at radius 2 is 1.96 bits per heavy atom. The van der Waals surface area contributed by atoms with Crippen LogP contribution in [0, 0.1) is 0 Å². The van der Waals surface area contributed by atoms with E-state index in [0.717, 1.165) is 27.9 Å². The van der Waals surface area contributed by atoms with Gasteiger partial charge in [-0.15, -0.1) is 0 Å². The molecule has 6 heteroatoms. The SMILES string of the molecule is O=C(Cn1cnc2ccccc21)NCc1ccnc(-c2cccnc2)c1. The Hall–Kier alpha value is -3.54. The molecule has 0 aliphatic carbocycles. The average Bonchev–Trinajstić information content (AvgIpc) is 3.10. The first-order valence-electron chi connectivity index (χ1n) is 8.31. The summed E-state index contributed by atoms with van der Waals surface area (Å²) in [6.07, 6.45) is 6.94. The van der Waals surface area contributed by atoms with Gasteiger partial charge in [0.05, 0.1) is 23.1 Å². The zero-order valence-electron chi connectivity index (χ0n) is 14.0. The van der Waals surface area contributed by atoms with E-state index >= 15 is 0 Å². The number of rotatable bonds is 5. The maximum Gasteiger partial charge on any atom is 0.240 e. The Labute approximate surface area is 150 Å². The second kappa shape index (κ2) is 7.14. The molecule has 26 heavy (non-hydrogen) atoms.